The van der Waals surface area contributed by atoms with Crippen LogP contribution in [-0.4, -0.2) is 24.0 Å². The van der Waals surface area contributed by atoms with Gasteiger partial charge in [-0.05, 0) is 30.4 Å². The highest BCUT2D eigenvalue weighted by atomic mass is 16.6. The number of rotatable bonds is 3. The van der Waals surface area contributed by atoms with E-state index in [1.54, 1.807) is 6.26 Å². The summed E-state index contributed by atoms with van der Waals surface area (Å²) in [4.78, 5) is 25.5. The quantitative estimate of drug-likeness (QED) is 0.617. The largest absolute Gasteiger partial charge is 0.460 e. The van der Waals surface area contributed by atoms with Crippen molar-refractivity contribution in [2.24, 2.45) is 17.3 Å². The molecular weight excluding hydrogens is 320 g/mol. The lowest BCUT2D eigenvalue weighted by Gasteiger charge is -2.46. The number of epoxide rings is 1. The summed E-state index contributed by atoms with van der Waals surface area (Å²) in [5.41, 5.74) is 1.61. The minimum atomic E-state index is -0.608. The number of hydrogen-bond donors (Lipinski definition) is 0. The van der Waals surface area contributed by atoms with Crippen LogP contribution < -0.4 is 0 Å². The van der Waals surface area contributed by atoms with Gasteiger partial charge in [0, 0.05) is 23.0 Å². The van der Waals surface area contributed by atoms with Crippen molar-refractivity contribution in [3.05, 3.63) is 34.8 Å². The molecule has 0 bridgehead atoms. The molecule has 134 valence electrons. The number of ketones is 1. The van der Waals surface area contributed by atoms with Crippen molar-refractivity contribution in [2.75, 3.05) is 0 Å². The van der Waals surface area contributed by atoms with E-state index >= 15 is 0 Å². The molecule has 0 radical (unpaired) electrons. The zero-order chi connectivity index (χ0) is 18.1. The predicted molar refractivity (Wildman–Crippen MR) is 90.1 cm³/mol. The standard InChI is InChI=1S/C20H24O5/c1-9(2)6-14(21)25-19-15-10(3)8-23-18(15)16(22)12-7-13-17(24-13)11(4)20(12,19)5/h7-9,11,13,17,19H,6H2,1-5H3/t11-,13+,17-,19+,20+/m0/s1. The van der Waals surface area contributed by atoms with Crippen LogP contribution in [0.5, 0.6) is 0 Å². The molecule has 0 spiro atoms. The van der Waals surface area contributed by atoms with Crippen molar-refractivity contribution >= 4 is 11.8 Å². The highest BCUT2D eigenvalue weighted by molar-refractivity contribution is 6.10. The van der Waals surface area contributed by atoms with E-state index < -0.39 is 11.5 Å². The van der Waals surface area contributed by atoms with Crippen LogP contribution >= 0.6 is 0 Å². The Hall–Kier alpha value is -1.88. The van der Waals surface area contributed by atoms with Gasteiger partial charge in [-0.1, -0.05) is 27.7 Å². The molecule has 0 unspecified atom stereocenters. The van der Waals surface area contributed by atoms with Crippen LogP contribution in [0.1, 0.15) is 61.9 Å². The summed E-state index contributed by atoms with van der Waals surface area (Å²) in [6, 6.07) is 0. The minimum Gasteiger partial charge on any atom is -0.460 e. The summed E-state index contributed by atoms with van der Waals surface area (Å²) in [6.07, 6.45) is 3.37. The molecule has 0 N–H and O–H groups in total. The minimum absolute atomic E-state index is 0.00773. The second-order valence-electron chi connectivity index (χ2n) is 8.18. The molecule has 5 atom stereocenters. The first-order valence-corrected chi connectivity index (χ1v) is 8.95. The number of carbonyl (C=O) groups excluding carboxylic acids is 2. The topological polar surface area (TPSA) is 69.0 Å². The van der Waals surface area contributed by atoms with E-state index in [0.717, 1.165) is 5.56 Å². The highest BCUT2D eigenvalue weighted by Crippen LogP contribution is 2.61. The van der Waals surface area contributed by atoms with Crippen molar-refractivity contribution in [2.45, 2.75) is 59.4 Å². The number of fused-ring (bicyclic) bond motifs is 3. The predicted octanol–water partition coefficient (Wildman–Crippen LogP) is 3.76. The first kappa shape index (κ1) is 16.6. The molecule has 0 amide bonds. The van der Waals surface area contributed by atoms with Gasteiger partial charge in [0.1, 0.15) is 12.2 Å². The maximum atomic E-state index is 13.0. The van der Waals surface area contributed by atoms with E-state index in [-0.39, 0.29) is 35.8 Å². The zero-order valence-corrected chi connectivity index (χ0v) is 15.3. The van der Waals surface area contributed by atoms with Crippen molar-refractivity contribution in [1.29, 1.82) is 0 Å². The van der Waals surface area contributed by atoms with E-state index in [1.165, 1.54) is 0 Å². The fourth-order valence-corrected chi connectivity index (χ4v) is 4.37. The van der Waals surface area contributed by atoms with Gasteiger partial charge in [0.2, 0.25) is 5.78 Å². The van der Waals surface area contributed by atoms with Gasteiger partial charge < -0.3 is 13.9 Å². The van der Waals surface area contributed by atoms with Crippen LogP contribution in [0.25, 0.3) is 0 Å². The lowest BCUT2D eigenvalue weighted by atomic mass is 9.58. The summed E-state index contributed by atoms with van der Waals surface area (Å²) >= 11 is 0. The SMILES string of the molecule is Cc1coc2c1[C@@H](OC(=O)CC(C)C)[C@@]1(C)C(=C[C@H]3O[C@H]3[C@@H]1C)C2=O. The molecule has 5 heteroatoms. The summed E-state index contributed by atoms with van der Waals surface area (Å²) in [5, 5.41) is 0. The summed E-state index contributed by atoms with van der Waals surface area (Å²) in [7, 11) is 0. The Kier molecular flexibility index (Phi) is 3.52. The number of ether oxygens (including phenoxy) is 2. The van der Waals surface area contributed by atoms with Gasteiger partial charge in [-0.25, -0.2) is 0 Å². The van der Waals surface area contributed by atoms with Crippen LogP contribution in [0.3, 0.4) is 0 Å². The second-order valence-corrected chi connectivity index (χ2v) is 8.18. The van der Waals surface area contributed by atoms with E-state index in [2.05, 4.69) is 6.92 Å². The van der Waals surface area contributed by atoms with Crippen molar-refractivity contribution in [3.63, 3.8) is 0 Å². The first-order chi connectivity index (χ1) is 11.7. The van der Waals surface area contributed by atoms with Crippen molar-refractivity contribution < 1.29 is 23.5 Å². The molecule has 4 rings (SSSR count). The molecular formula is C20H24O5. The Morgan fingerprint density at radius 1 is 1.40 bits per heavy atom. The van der Waals surface area contributed by atoms with Crippen LogP contribution in [-0.2, 0) is 14.3 Å². The molecule has 3 aliphatic rings. The van der Waals surface area contributed by atoms with E-state index in [4.69, 9.17) is 13.9 Å². The summed E-state index contributed by atoms with van der Waals surface area (Å²) in [6.45, 7) is 9.95. The van der Waals surface area contributed by atoms with Crippen LogP contribution in [0.4, 0.5) is 0 Å². The Morgan fingerprint density at radius 3 is 2.80 bits per heavy atom. The number of carbonyl (C=O) groups is 2. The van der Waals surface area contributed by atoms with Crippen LogP contribution in [0, 0.1) is 24.2 Å². The molecule has 2 heterocycles. The van der Waals surface area contributed by atoms with Gasteiger partial charge in [0.25, 0.3) is 0 Å². The average molecular weight is 344 g/mol. The third-order valence-corrected chi connectivity index (χ3v) is 6.02. The Morgan fingerprint density at radius 2 is 2.12 bits per heavy atom. The Labute approximate surface area is 147 Å². The number of esters is 1. The Bertz CT molecular complexity index is 786. The maximum absolute atomic E-state index is 13.0. The maximum Gasteiger partial charge on any atom is 0.306 e. The lowest BCUT2D eigenvalue weighted by Crippen LogP contribution is -2.47. The van der Waals surface area contributed by atoms with Crippen LogP contribution in [0.2, 0.25) is 0 Å². The lowest BCUT2D eigenvalue weighted by molar-refractivity contribution is -0.159. The van der Waals surface area contributed by atoms with Gasteiger partial charge in [-0.15, -0.1) is 0 Å². The smallest absolute Gasteiger partial charge is 0.306 e. The number of Topliss-reactive ketones (excluding diaryl/α,β-unsaturated/α-hetero) is 1. The number of furan rings is 1. The molecule has 0 aromatic carbocycles. The first-order valence-electron chi connectivity index (χ1n) is 8.95. The zero-order valence-electron chi connectivity index (χ0n) is 15.3. The number of aryl methyl sites for hydroxylation is 1. The Balaban J connectivity index is 1.83. The van der Waals surface area contributed by atoms with Gasteiger partial charge in [-0.3, -0.25) is 9.59 Å². The molecule has 1 aliphatic heterocycles. The fourth-order valence-electron chi connectivity index (χ4n) is 4.37. The van der Waals surface area contributed by atoms with Gasteiger partial charge in [-0.2, -0.15) is 0 Å². The third-order valence-electron chi connectivity index (χ3n) is 6.02. The highest BCUT2D eigenvalue weighted by Gasteiger charge is 2.63. The van der Waals surface area contributed by atoms with E-state index in [0.29, 0.717) is 23.3 Å². The summed E-state index contributed by atoms with van der Waals surface area (Å²) in [5.74, 6) is 0.232. The van der Waals surface area contributed by atoms with Gasteiger partial charge in [0.05, 0.1) is 12.4 Å². The van der Waals surface area contributed by atoms with Gasteiger partial charge >= 0.3 is 5.97 Å². The molecule has 25 heavy (non-hydrogen) atoms. The molecule has 2 aliphatic carbocycles. The van der Waals surface area contributed by atoms with Gasteiger partial charge in [0.15, 0.2) is 5.76 Å². The second kappa shape index (κ2) is 5.31. The van der Waals surface area contributed by atoms with E-state index in [1.807, 2.05) is 33.8 Å². The monoisotopic (exact) mass is 344 g/mol. The summed E-state index contributed by atoms with van der Waals surface area (Å²) < 4.78 is 17.2. The van der Waals surface area contributed by atoms with Crippen molar-refractivity contribution in [1.82, 2.24) is 0 Å². The average Bonchev–Trinajstić information content (AvgIpc) is 3.21. The van der Waals surface area contributed by atoms with E-state index in [9.17, 15) is 9.59 Å². The third kappa shape index (κ3) is 2.25. The molecule has 1 aromatic heterocycles. The molecule has 5 nitrogen and oxygen atoms in total. The fraction of sp³-hybridized carbons (Fsp3) is 0.600. The molecule has 1 saturated heterocycles. The van der Waals surface area contributed by atoms with Crippen molar-refractivity contribution in [3.8, 4) is 0 Å². The normalized spacial score (nSPS) is 35.6. The molecule has 1 aromatic rings. The van der Waals surface area contributed by atoms with Crippen LogP contribution in [0.15, 0.2) is 22.3 Å². The molecule has 1 fully saturated rings. The molecule has 0 saturated carbocycles. The number of hydrogen-bond acceptors (Lipinski definition) is 5.